The van der Waals surface area contributed by atoms with Crippen LogP contribution >= 0.6 is 0 Å². The van der Waals surface area contributed by atoms with Crippen LogP contribution < -0.4 is 0 Å². The smallest absolute Gasteiger partial charge is 0.298 e. The maximum Gasteiger partial charge on any atom is 0.298 e. The highest BCUT2D eigenvalue weighted by Gasteiger charge is 2.10. The normalized spacial score (nSPS) is 12.3. The maximum absolute atomic E-state index is 10.5. The number of aliphatic carboxylic acids is 1. The second kappa shape index (κ2) is 3.95. The fourth-order valence-electron chi connectivity index (χ4n) is 1.05. The van der Waals surface area contributed by atoms with Gasteiger partial charge < -0.3 is 5.11 Å². The predicted molar refractivity (Wildman–Crippen MR) is 50.1 cm³/mol. The van der Waals surface area contributed by atoms with Gasteiger partial charge in [0.2, 0.25) is 0 Å². The fraction of sp³-hybridized carbons (Fsp3) is 0.222. The third kappa shape index (κ3) is 2.42. The Labute approximate surface area is 72.6 Å². The Morgan fingerprint density at radius 1 is 1.42 bits per heavy atom. The van der Waals surface area contributed by atoms with Gasteiger partial charge in [-0.1, -0.05) is 30.3 Å². The molecule has 1 aromatic carbocycles. The molecule has 0 aliphatic rings. The van der Waals surface area contributed by atoms with Crippen LogP contribution in [0.5, 0.6) is 0 Å². The zero-order valence-corrected chi connectivity index (χ0v) is 7.03. The lowest BCUT2D eigenvalue weighted by molar-refractivity contribution is -0.136. The Kier molecular flexibility index (Phi) is 2.91. The van der Waals surface area contributed by atoms with Crippen LogP contribution in [0.2, 0.25) is 5.82 Å². The van der Waals surface area contributed by atoms with Gasteiger partial charge in [0.05, 0.1) is 0 Å². The summed E-state index contributed by atoms with van der Waals surface area (Å²) in [6.45, 7) is 0. The third-order valence-corrected chi connectivity index (χ3v) is 1.81. The quantitative estimate of drug-likeness (QED) is 0.665. The zero-order valence-electron chi connectivity index (χ0n) is 7.03. The maximum atomic E-state index is 10.5. The highest BCUT2D eigenvalue weighted by molar-refractivity contribution is 6.22. The topological polar surface area (TPSA) is 37.3 Å². The fourth-order valence-corrected chi connectivity index (χ4v) is 1.05. The number of carboxylic acids is 1. The first-order valence-electron chi connectivity index (χ1n) is 3.97. The Morgan fingerprint density at radius 2 is 2.00 bits per heavy atom. The SMILES string of the molecule is B[C@H](Cc1ccccc1)C(=O)O. The number of hydrogen-bond donors (Lipinski definition) is 1. The van der Waals surface area contributed by atoms with Gasteiger partial charge in [0, 0.05) is 5.82 Å². The summed E-state index contributed by atoms with van der Waals surface area (Å²) in [5.41, 5.74) is 1.08. The molecule has 0 bridgehead atoms. The molecule has 12 heavy (non-hydrogen) atoms. The van der Waals surface area contributed by atoms with Crippen LogP contribution in [0.4, 0.5) is 0 Å². The number of benzene rings is 1. The van der Waals surface area contributed by atoms with E-state index in [1.807, 2.05) is 30.3 Å². The van der Waals surface area contributed by atoms with Gasteiger partial charge in [0.15, 0.2) is 0 Å². The van der Waals surface area contributed by atoms with E-state index in [1.165, 1.54) is 0 Å². The molecule has 0 radical (unpaired) electrons. The monoisotopic (exact) mass is 162 g/mol. The minimum Gasteiger partial charge on any atom is -0.482 e. The zero-order chi connectivity index (χ0) is 8.97. The Balaban J connectivity index is 2.58. The molecular formula is C9H11BO2. The van der Waals surface area contributed by atoms with Gasteiger partial charge in [0.25, 0.3) is 5.97 Å². The van der Waals surface area contributed by atoms with E-state index < -0.39 is 5.97 Å². The van der Waals surface area contributed by atoms with Crippen LogP contribution in [0.3, 0.4) is 0 Å². The lowest BCUT2D eigenvalue weighted by Gasteiger charge is -2.04. The second-order valence-electron chi connectivity index (χ2n) is 2.93. The van der Waals surface area contributed by atoms with E-state index in [1.54, 1.807) is 7.85 Å². The molecule has 0 fully saturated rings. The highest BCUT2D eigenvalue weighted by atomic mass is 16.4. The minimum atomic E-state index is -0.737. The largest absolute Gasteiger partial charge is 0.482 e. The molecule has 62 valence electrons. The van der Waals surface area contributed by atoms with Crippen molar-refractivity contribution in [1.82, 2.24) is 0 Å². The van der Waals surface area contributed by atoms with Crippen molar-refractivity contribution < 1.29 is 9.90 Å². The van der Waals surface area contributed by atoms with Crippen molar-refractivity contribution in [3.8, 4) is 0 Å². The molecule has 0 aliphatic heterocycles. The molecule has 0 unspecified atom stereocenters. The molecule has 0 heterocycles. The van der Waals surface area contributed by atoms with Crippen molar-refractivity contribution in [2.45, 2.75) is 12.2 Å². The van der Waals surface area contributed by atoms with Crippen molar-refractivity contribution >= 4 is 13.8 Å². The first-order chi connectivity index (χ1) is 5.70. The summed E-state index contributed by atoms with van der Waals surface area (Å²) in [6.07, 6.45) is 0.607. The summed E-state index contributed by atoms with van der Waals surface area (Å²) < 4.78 is 0. The number of rotatable bonds is 3. The van der Waals surface area contributed by atoms with Gasteiger partial charge in [-0.3, -0.25) is 4.79 Å². The molecule has 0 aliphatic carbocycles. The van der Waals surface area contributed by atoms with Crippen LogP contribution in [0.15, 0.2) is 30.3 Å². The van der Waals surface area contributed by atoms with Crippen molar-refractivity contribution in [3.63, 3.8) is 0 Å². The lowest BCUT2D eigenvalue weighted by Crippen LogP contribution is -2.09. The molecule has 2 nitrogen and oxygen atoms in total. The van der Waals surface area contributed by atoms with E-state index in [9.17, 15) is 4.79 Å². The molecule has 0 saturated heterocycles. The average molecular weight is 162 g/mol. The van der Waals surface area contributed by atoms with Crippen molar-refractivity contribution in [2.24, 2.45) is 0 Å². The summed E-state index contributed by atoms with van der Waals surface area (Å²) in [4.78, 5) is 10.5. The van der Waals surface area contributed by atoms with Crippen molar-refractivity contribution in [3.05, 3.63) is 35.9 Å². The molecule has 1 aromatic rings. The van der Waals surface area contributed by atoms with Gasteiger partial charge in [-0.25, -0.2) is 0 Å². The molecular weight excluding hydrogens is 151 g/mol. The molecule has 0 amide bonds. The Hall–Kier alpha value is -1.25. The van der Waals surface area contributed by atoms with Crippen molar-refractivity contribution in [2.75, 3.05) is 0 Å². The molecule has 0 spiro atoms. The van der Waals surface area contributed by atoms with Gasteiger partial charge in [0.1, 0.15) is 7.85 Å². The number of carboxylic acid groups (broad SMARTS) is 1. The van der Waals surface area contributed by atoms with E-state index in [4.69, 9.17) is 5.11 Å². The van der Waals surface area contributed by atoms with Crippen molar-refractivity contribution in [1.29, 1.82) is 0 Å². The summed E-state index contributed by atoms with van der Waals surface area (Å²) in [5, 5.41) is 8.64. The second-order valence-corrected chi connectivity index (χ2v) is 2.93. The lowest BCUT2D eigenvalue weighted by atomic mass is 9.82. The van der Waals surface area contributed by atoms with Crippen LogP contribution in [0.25, 0.3) is 0 Å². The first-order valence-corrected chi connectivity index (χ1v) is 3.97. The number of hydrogen-bond acceptors (Lipinski definition) is 1. The summed E-state index contributed by atoms with van der Waals surface area (Å²) >= 11 is 0. The van der Waals surface area contributed by atoms with E-state index in [-0.39, 0.29) is 5.82 Å². The molecule has 0 saturated carbocycles. The molecule has 3 heteroatoms. The van der Waals surface area contributed by atoms with E-state index in [0.717, 1.165) is 5.56 Å². The Bertz CT molecular complexity index is 258. The predicted octanol–water partition coefficient (Wildman–Crippen LogP) is 0.735. The first kappa shape index (κ1) is 8.85. The van der Waals surface area contributed by atoms with Gasteiger partial charge in [-0.2, -0.15) is 0 Å². The third-order valence-electron chi connectivity index (χ3n) is 1.81. The summed E-state index contributed by atoms with van der Waals surface area (Å²) in [6, 6.07) is 9.65. The van der Waals surface area contributed by atoms with Crippen LogP contribution in [-0.2, 0) is 11.2 Å². The number of carbonyl (C=O) groups is 1. The standard InChI is InChI=1S/C9H11BO2/c10-8(9(11)12)6-7-4-2-1-3-5-7/h1-5,8H,6,10H2,(H,11,12)/t8-/m1/s1. The van der Waals surface area contributed by atoms with E-state index >= 15 is 0 Å². The summed E-state index contributed by atoms with van der Waals surface area (Å²) in [5.74, 6) is -1.04. The average Bonchev–Trinajstić information content (AvgIpc) is 2.06. The van der Waals surface area contributed by atoms with E-state index in [0.29, 0.717) is 6.42 Å². The van der Waals surface area contributed by atoms with Gasteiger partial charge in [-0.05, 0) is 12.0 Å². The highest BCUT2D eigenvalue weighted by Crippen LogP contribution is 2.09. The van der Waals surface area contributed by atoms with E-state index in [2.05, 4.69) is 0 Å². The van der Waals surface area contributed by atoms with Gasteiger partial charge in [-0.15, -0.1) is 0 Å². The van der Waals surface area contributed by atoms with Crippen LogP contribution in [-0.4, -0.2) is 18.9 Å². The Morgan fingerprint density at radius 3 is 2.50 bits per heavy atom. The molecule has 1 atom stereocenters. The van der Waals surface area contributed by atoms with Crippen LogP contribution in [0, 0.1) is 0 Å². The molecule has 1 rings (SSSR count). The van der Waals surface area contributed by atoms with Crippen LogP contribution in [0.1, 0.15) is 5.56 Å². The molecule has 1 N–H and O–H groups in total. The minimum absolute atomic E-state index is 0.299. The molecule has 0 aromatic heterocycles. The van der Waals surface area contributed by atoms with Gasteiger partial charge >= 0.3 is 0 Å². The summed E-state index contributed by atoms with van der Waals surface area (Å²) in [7, 11) is 1.72.